The van der Waals surface area contributed by atoms with E-state index in [2.05, 4.69) is 271 Å². The predicted molar refractivity (Wildman–Crippen MR) is 270 cm³/mol. The molecule has 10 aromatic rings. The van der Waals surface area contributed by atoms with Crippen molar-refractivity contribution in [2.45, 2.75) is 23.2 Å². The highest BCUT2D eigenvalue weighted by molar-refractivity contribution is 5.97. The third-order valence-electron chi connectivity index (χ3n) is 14.7. The van der Waals surface area contributed by atoms with Gasteiger partial charge in [-0.05, 0) is 107 Å². The highest BCUT2D eigenvalue weighted by atomic mass is 15.5. The summed E-state index contributed by atoms with van der Waals surface area (Å²) in [5, 5.41) is 3.93. The lowest BCUT2D eigenvalue weighted by atomic mass is 9.51. The number of hydrogen-bond donors (Lipinski definition) is 1. The van der Waals surface area contributed by atoms with Crippen LogP contribution in [0.4, 0.5) is 5.69 Å². The predicted octanol–water partition coefficient (Wildman–Crippen LogP) is 14.9. The Balaban J connectivity index is 0.974. The van der Waals surface area contributed by atoms with Crippen molar-refractivity contribution >= 4 is 5.69 Å². The molecule has 2 unspecified atom stereocenters. The van der Waals surface area contributed by atoms with Gasteiger partial charge in [0.05, 0.1) is 10.8 Å². The first-order valence-corrected chi connectivity index (χ1v) is 23.2. The highest BCUT2D eigenvalue weighted by Gasteiger charge is 2.57. The third kappa shape index (κ3) is 5.52. The summed E-state index contributed by atoms with van der Waals surface area (Å²) in [6.45, 7) is 0. The van der Waals surface area contributed by atoms with Crippen molar-refractivity contribution in [1.82, 2.24) is 5.32 Å². The fraction of sp³-hybridized carbons (Fsp3) is 0.0625. The molecule has 0 radical (unpaired) electrons. The summed E-state index contributed by atoms with van der Waals surface area (Å²) >= 11 is 0. The van der Waals surface area contributed by atoms with E-state index < -0.39 is 10.8 Å². The van der Waals surface area contributed by atoms with E-state index in [-0.39, 0.29) is 12.3 Å². The van der Waals surface area contributed by atoms with E-state index in [0.29, 0.717) is 0 Å². The van der Waals surface area contributed by atoms with E-state index in [0.717, 1.165) is 0 Å². The Morgan fingerprint density at radius 2 is 0.742 bits per heavy atom. The van der Waals surface area contributed by atoms with Gasteiger partial charge in [-0.1, -0.05) is 243 Å². The highest BCUT2D eigenvalue weighted by Crippen LogP contribution is 2.65. The summed E-state index contributed by atoms with van der Waals surface area (Å²) in [6.07, 6.45) is 0.0585. The first-order valence-electron chi connectivity index (χ1n) is 23.2. The lowest BCUT2D eigenvalue weighted by molar-refractivity contribution is 0.276. The zero-order valence-electron chi connectivity index (χ0n) is 36.4. The fourth-order valence-corrected chi connectivity index (χ4v) is 12.0. The van der Waals surface area contributed by atoms with Gasteiger partial charge < -0.3 is 4.90 Å². The van der Waals surface area contributed by atoms with Gasteiger partial charge in [-0.2, -0.15) is 0 Å². The molecule has 312 valence electrons. The minimum absolute atomic E-state index is 0.0164. The van der Waals surface area contributed by atoms with Crippen LogP contribution < -0.4 is 10.2 Å². The zero-order chi connectivity index (χ0) is 43.7. The maximum atomic E-state index is 3.93. The Morgan fingerprint density at radius 3 is 1.36 bits per heavy atom. The van der Waals surface area contributed by atoms with Crippen molar-refractivity contribution < 1.29 is 0 Å². The summed E-state index contributed by atoms with van der Waals surface area (Å²) in [5.74, 6) is 0. The van der Waals surface area contributed by atoms with Crippen LogP contribution in [0.3, 0.4) is 0 Å². The Bertz CT molecular complexity index is 3310. The normalized spacial score (nSPS) is 16.9. The van der Waals surface area contributed by atoms with Crippen LogP contribution >= 0.6 is 0 Å². The fourth-order valence-electron chi connectivity index (χ4n) is 12.0. The number of nitrogens with one attached hydrogen (secondary N) is 1. The lowest BCUT2D eigenvalue weighted by Gasteiger charge is -2.52. The van der Waals surface area contributed by atoms with Gasteiger partial charge in [-0.3, -0.25) is 5.32 Å². The molecule has 0 saturated carbocycles. The van der Waals surface area contributed by atoms with Gasteiger partial charge in [-0.25, -0.2) is 0 Å². The summed E-state index contributed by atoms with van der Waals surface area (Å²) in [5.41, 5.74) is 20.6. The van der Waals surface area contributed by atoms with Gasteiger partial charge in [0.1, 0.15) is 12.3 Å². The molecule has 2 aliphatic carbocycles. The molecular weight excluding hydrogens is 797 g/mol. The molecule has 2 nitrogen and oxygen atoms in total. The number of fused-ring (bicyclic) bond motifs is 9. The number of rotatable bonds is 7. The van der Waals surface area contributed by atoms with Gasteiger partial charge in [0, 0.05) is 5.69 Å². The van der Waals surface area contributed by atoms with E-state index in [9.17, 15) is 0 Å². The second kappa shape index (κ2) is 15.3. The first-order chi connectivity index (χ1) is 32.8. The van der Waals surface area contributed by atoms with Crippen molar-refractivity contribution in [1.29, 1.82) is 0 Å². The van der Waals surface area contributed by atoms with E-state index in [1.807, 2.05) is 0 Å². The molecule has 66 heavy (non-hydrogen) atoms. The molecule has 0 bridgehead atoms. The van der Waals surface area contributed by atoms with E-state index in [1.165, 1.54) is 94.7 Å². The van der Waals surface area contributed by atoms with Gasteiger partial charge in [0.25, 0.3) is 0 Å². The van der Waals surface area contributed by atoms with Crippen molar-refractivity contribution in [3.05, 3.63) is 316 Å². The summed E-state index contributed by atoms with van der Waals surface area (Å²) in [7, 11) is 0. The molecule has 1 fully saturated rings. The van der Waals surface area contributed by atoms with Gasteiger partial charge in [-0.15, -0.1) is 0 Å². The quantitative estimate of drug-likeness (QED) is 0.172. The molecule has 1 aliphatic heterocycles. The zero-order valence-corrected chi connectivity index (χ0v) is 36.4. The minimum Gasteiger partial charge on any atom is -0.332 e. The average Bonchev–Trinajstić information content (AvgIpc) is 3.69. The molecule has 1 spiro atoms. The Hall–Kier alpha value is -8.04. The average molecular weight is 843 g/mol. The molecule has 0 aromatic heterocycles. The largest absolute Gasteiger partial charge is 0.332 e. The number of hydrogen-bond acceptors (Lipinski definition) is 2. The molecule has 0 amide bonds. The number of anilines is 1. The third-order valence-corrected chi connectivity index (χ3v) is 14.7. The lowest BCUT2D eigenvalue weighted by Crippen LogP contribution is -2.57. The Labute approximate surface area is 387 Å². The summed E-state index contributed by atoms with van der Waals surface area (Å²) in [4.78, 5) is 2.53. The molecule has 1 N–H and O–H groups in total. The first kappa shape index (κ1) is 38.4. The Morgan fingerprint density at radius 1 is 0.303 bits per heavy atom. The molecule has 10 aromatic carbocycles. The topological polar surface area (TPSA) is 15.3 Å². The second-order valence-corrected chi connectivity index (χ2v) is 17.9. The number of benzene rings is 10. The van der Waals surface area contributed by atoms with Crippen LogP contribution in [0.15, 0.2) is 261 Å². The van der Waals surface area contributed by atoms with E-state index >= 15 is 0 Å². The molecule has 2 heteroatoms. The molecule has 1 heterocycles. The van der Waals surface area contributed by atoms with Crippen molar-refractivity contribution in [3.8, 4) is 33.4 Å². The number of nitrogens with zero attached hydrogens (tertiary/aromatic N) is 1. The Kier molecular flexibility index (Phi) is 8.91. The van der Waals surface area contributed by atoms with Gasteiger partial charge >= 0.3 is 0 Å². The van der Waals surface area contributed by atoms with Crippen molar-refractivity contribution in [2.24, 2.45) is 0 Å². The minimum atomic E-state index is -0.546. The monoisotopic (exact) mass is 842 g/mol. The summed E-state index contributed by atoms with van der Waals surface area (Å²) < 4.78 is 0. The van der Waals surface area contributed by atoms with E-state index in [4.69, 9.17) is 0 Å². The molecule has 1 saturated heterocycles. The molecule has 2 atom stereocenters. The molecular formula is C64H46N2. The SMILES string of the molecule is c1ccc(-c2cccc(C3NC(c4ccccc4)N3c3ccc(-c4cccc5c4-c4ccccc4C54c5ccccc5C(c5ccccc5)(c5ccccc5)c5ccccc54)cc3)c2)cc1. The van der Waals surface area contributed by atoms with E-state index in [1.54, 1.807) is 0 Å². The van der Waals surface area contributed by atoms with Crippen LogP contribution in [0.1, 0.15) is 68.0 Å². The van der Waals surface area contributed by atoms with Gasteiger partial charge in [0.15, 0.2) is 0 Å². The van der Waals surface area contributed by atoms with Crippen molar-refractivity contribution in [2.75, 3.05) is 4.90 Å². The maximum Gasteiger partial charge on any atom is 0.109 e. The van der Waals surface area contributed by atoms with Crippen LogP contribution in [0.2, 0.25) is 0 Å². The summed E-state index contributed by atoms with van der Waals surface area (Å²) in [6, 6.07) is 96.9. The van der Waals surface area contributed by atoms with Crippen LogP contribution in [-0.4, -0.2) is 0 Å². The van der Waals surface area contributed by atoms with Crippen LogP contribution in [0.25, 0.3) is 33.4 Å². The van der Waals surface area contributed by atoms with Crippen LogP contribution in [0, 0.1) is 0 Å². The van der Waals surface area contributed by atoms with Crippen LogP contribution in [0.5, 0.6) is 0 Å². The van der Waals surface area contributed by atoms with Crippen molar-refractivity contribution in [3.63, 3.8) is 0 Å². The smallest absolute Gasteiger partial charge is 0.109 e. The van der Waals surface area contributed by atoms with Crippen LogP contribution in [-0.2, 0) is 10.8 Å². The standard InChI is InChI=1S/C64H46N2/c1-5-21-44(22-6-1)47-25-19-26-48(43-47)62-65-61(46-23-7-2-8-24-46)66(62)51-41-39-45(40-42-51)52-32-20-38-59-60(52)53-31-13-14-33-54(53)64(59)57-36-17-15-34-55(57)63(49-27-9-3-10-28-49,50-29-11-4-12-30-50)56-35-16-18-37-58(56)64/h1-43,61-62,65H. The van der Waals surface area contributed by atoms with Gasteiger partial charge in [0.2, 0.25) is 0 Å². The molecule has 3 aliphatic rings. The molecule has 13 rings (SSSR count). The maximum absolute atomic E-state index is 3.93. The second-order valence-electron chi connectivity index (χ2n) is 17.9.